The summed E-state index contributed by atoms with van der Waals surface area (Å²) in [6.45, 7) is -0.881. The van der Waals surface area contributed by atoms with E-state index in [1.165, 1.54) is 24.3 Å². The van der Waals surface area contributed by atoms with Crippen LogP contribution >= 0.6 is 0 Å². The van der Waals surface area contributed by atoms with Gasteiger partial charge in [-0.15, -0.1) is 0 Å². The molecule has 0 unspecified atom stereocenters. The average Bonchev–Trinajstić information content (AvgIpc) is 2.53. The van der Waals surface area contributed by atoms with Crippen LogP contribution in [0.1, 0.15) is 21.5 Å². The monoisotopic (exact) mass is 319 g/mol. The Morgan fingerprint density at radius 3 is 2.22 bits per heavy atom. The summed E-state index contributed by atoms with van der Waals surface area (Å²) in [4.78, 5) is 23.8. The van der Waals surface area contributed by atoms with Crippen molar-refractivity contribution in [3.8, 4) is 5.75 Å². The maximum Gasteiger partial charge on any atom is 0.387 e. The predicted octanol–water partition coefficient (Wildman–Crippen LogP) is 3.10. The van der Waals surface area contributed by atoms with Crippen LogP contribution < -0.4 is 10.1 Å². The molecule has 23 heavy (non-hydrogen) atoms. The molecule has 0 fully saturated rings. The molecule has 0 radical (unpaired) electrons. The van der Waals surface area contributed by atoms with E-state index >= 15 is 0 Å². The molecule has 6 heteroatoms. The van der Waals surface area contributed by atoms with E-state index in [1.807, 2.05) is 6.92 Å². The molecule has 2 rings (SSSR count). The Balaban J connectivity index is 1.91. The SMILES string of the molecule is Cc1ccc(C(=O)C(=O)NCc2ccc(OC(F)F)cc2)cc1. The number of halogens is 2. The van der Waals surface area contributed by atoms with Gasteiger partial charge in [0.1, 0.15) is 5.75 Å². The van der Waals surface area contributed by atoms with Crippen LogP contribution in [0.4, 0.5) is 8.78 Å². The van der Waals surface area contributed by atoms with Crippen molar-refractivity contribution in [3.63, 3.8) is 0 Å². The normalized spacial score (nSPS) is 10.4. The second kappa shape index (κ2) is 7.49. The highest BCUT2D eigenvalue weighted by atomic mass is 19.3. The summed E-state index contributed by atoms with van der Waals surface area (Å²) >= 11 is 0. The molecule has 120 valence electrons. The molecule has 0 saturated heterocycles. The van der Waals surface area contributed by atoms with Crippen LogP contribution in [0.15, 0.2) is 48.5 Å². The van der Waals surface area contributed by atoms with Crippen LogP contribution in [0.3, 0.4) is 0 Å². The molecule has 0 aliphatic carbocycles. The smallest absolute Gasteiger partial charge is 0.387 e. The lowest BCUT2D eigenvalue weighted by Crippen LogP contribution is -2.30. The first-order valence-corrected chi connectivity index (χ1v) is 6.88. The summed E-state index contributed by atoms with van der Waals surface area (Å²) in [6, 6.07) is 12.5. The van der Waals surface area contributed by atoms with Crippen molar-refractivity contribution in [2.24, 2.45) is 0 Å². The molecule has 2 aromatic rings. The van der Waals surface area contributed by atoms with Crippen molar-refractivity contribution >= 4 is 11.7 Å². The molecule has 0 aromatic heterocycles. The number of nitrogens with one attached hydrogen (secondary N) is 1. The van der Waals surface area contributed by atoms with Gasteiger partial charge in [-0.05, 0) is 24.6 Å². The summed E-state index contributed by atoms with van der Waals surface area (Å²) in [5.74, 6) is -1.31. The number of carbonyl (C=O) groups is 2. The molecule has 0 bridgehead atoms. The largest absolute Gasteiger partial charge is 0.435 e. The molecule has 0 spiro atoms. The zero-order valence-electron chi connectivity index (χ0n) is 12.4. The fourth-order valence-corrected chi connectivity index (χ4v) is 1.89. The van der Waals surface area contributed by atoms with E-state index in [0.717, 1.165) is 5.56 Å². The summed E-state index contributed by atoms with van der Waals surface area (Å²) in [7, 11) is 0. The van der Waals surface area contributed by atoms with Gasteiger partial charge in [-0.1, -0.05) is 42.0 Å². The number of aryl methyl sites for hydroxylation is 1. The van der Waals surface area contributed by atoms with Gasteiger partial charge in [0.15, 0.2) is 0 Å². The highest BCUT2D eigenvalue weighted by Gasteiger charge is 2.15. The maximum absolute atomic E-state index is 12.0. The van der Waals surface area contributed by atoms with Crippen molar-refractivity contribution in [1.29, 1.82) is 0 Å². The van der Waals surface area contributed by atoms with E-state index in [0.29, 0.717) is 11.1 Å². The molecular weight excluding hydrogens is 304 g/mol. The summed E-state index contributed by atoms with van der Waals surface area (Å²) < 4.78 is 28.3. The number of ether oxygens (including phenoxy) is 1. The molecular formula is C17H15F2NO3. The summed E-state index contributed by atoms with van der Waals surface area (Å²) in [6.07, 6.45) is 0. The van der Waals surface area contributed by atoms with Gasteiger partial charge in [0.2, 0.25) is 5.78 Å². The third kappa shape index (κ3) is 4.88. The van der Waals surface area contributed by atoms with Gasteiger partial charge in [0.25, 0.3) is 5.91 Å². The van der Waals surface area contributed by atoms with Crippen LogP contribution in [0.2, 0.25) is 0 Å². The topological polar surface area (TPSA) is 55.4 Å². The fourth-order valence-electron chi connectivity index (χ4n) is 1.89. The first-order chi connectivity index (χ1) is 11.0. The zero-order valence-corrected chi connectivity index (χ0v) is 12.4. The predicted molar refractivity (Wildman–Crippen MR) is 80.4 cm³/mol. The number of Topliss-reactive ketones (excluding diaryl/α,β-unsaturated/α-hetero) is 1. The van der Waals surface area contributed by atoms with Gasteiger partial charge in [-0.25, -0.2) is 0 Å². The van der Waals surface area contributed by atoms with Gasteiger partial charge >= 0.3 is 6.61 Å². The molecule has 0 aliphatic rings. The summed E-state index contributed by atoms with van der Waals surface area (Å²) in [5, 5.41) is 2.49. The second-order valence-corrected chi connectivity index (χ2v) is 4.90. The standard InChI is InChI=1S/C17H15F2NO3/c1-11-2-6-13(7-3-11)15(21)16(22)20-10-12-4-8-14(9-5-12)23-17(18)19/h2-9,17H,10H2,1H3,(H,20,22). The zero-order chi connectivity index (χ0) is 16.8. The van der Waals surface area contributed by atoms with E-state index in [2.05, 4.69) is 10.1 Å². The van der Waals surface area contributed by atoms with E-state index in [9.17, 15) is 18.4 Å². The molecule has 4 nitrogen and oxygen atoms in total. The Labute approximate surface area is 132 Å². The number of benzene rings is 2. The van der Waals surface area contributed by atoms with Crippen molar-refractivity contribution < 1.29 is 23.1 Å². The van der Waals surface area contributed by atoms with Gasteiger partial charge in [-0.3, -0.25) is 9.59 Å². The van der Waals surface area contributed by atoms with Crippen LogP contribution in [0, 0.1) is 6.92 Å². The third-order valence-electron chi connectivity index (χ3n) is 3.12. The Bertz CT molecular complexity index is 682. The fraction of sp³-hybridized carbons (Fsp3) is 0.176. The average molecular weight is 319 g/mol. The highest BCUT2D eigenvalue weighted by molar-refractivity contribution is 6.42. The third-order valence-corrected chi connectivity index (χ3v) is 3.12. The Morgan fingerprint density at radius 2 is 1.65 bits per heavy atom. The first kappa shape index (κ1) is 16.6. The second-order valence-electron chi connectivity index (χ2n) is 4.90. The van der Waals surface area contributed by atoms with Crippen molar-refractivity contribution in [2.75, 3.05) is 0 Å². The number of amides is 1. The lowest BCUT2D eigenvalue weighted by atomic mass is 10.1. The minimum Gasteiger partial charge on any atom is -0.435 e. The number of ketones is 1. The van der Waals surface area contributed by atoms with Gasteiger partial charge < -0.3 is 10.1 Å². The first-order valence-electron chi connectivity index (χ1n) is 6.88. The van der Waals surface area contributed by atoms with E-state index < -0.39 is 18.3 Å². The highest BCUT2D eigenvalue weighted by Crippen LogP contribution is 2.14. The molecule has 1 amide bonds. The van der Waals surface area contributed by atoms with Crippen molar-refractivity contribution in [1.82, 2.24) is 5.32 Å². The minimum absolute atomic E-state index is 0.0332. The number of hydrogen-bond acceptors (Lipinski definition) is 3. The van der Waals surface area contributed by atoms with Crippen molar-refractivity contribution in [2.45, 2.75) is 20.1 Å². The van der Waals surface area contributed by atoms with Crippen LogP contribution in [-0.4, -0.2) is 18.3 Å². The Kier molecular flexibility index (Phi) is 5.41. The molecule has 2 aromatic carbocycles. The number of alkyl halides is 2. The summed E-state index contributed by atoms with van der Waals surface area (Å²) in [5.41, 5.74) is 1.97. The van der Waals surface area contributed by atoms with Crippen LogP contribution in [-0.2, 0) is 11.3 Å². The Hall–Kier alpha value is -2.76. The molecule has 1 N–H and O–H groups in total. The number of hydrogen-bond donors (Lipinski definition) is 1. The number of carbonyl (C=O) groups excluding carboxylic acids is 2. The lowest BCUT2D eigenvalue weighted by molar-refractivity contribution is -0.117. The molecule has 0 heterocycles. The molecule has 0 atom stereocenters. The van der Waals surface area contributed by atoms with E-state index in [4.69, 9.17) is 0 Å². The van der Waals surface area contributed by atoms with E-state index in [1.54, 1.807) is 24.3 Å². The number of rotatable bonds is 6. The Morgan fingerprint density at radius 1 is 1.04 bits per heavy atom. The van der Waals surface area contributed by atoms with Gasteiger partial charge in [-0.2, -0.15) is 8.78 Å². The van der Waals surface area contributed by atoms with Gasteiger partial charge in [0, 0.05) is 12.1 Å². The maximum atomic E-state index is 12.0. The van der Waals surface area contributed by atoms with E-state index in [-0.39, 0.29) is 12.3 Å². The minimum atomic E-state index is -2.88. The van der Waals surface area contributed by atoms with Crippen LogP contribution in [0.5, 0.6) is 5.75 Å². The lowest BCUT2D eigenvalue weighted by Gasteiger charge is -2.07. The molecule has 0 aliphatic heterocycles. The quantitative estimate of drug-likeness (QED) is 0.657. The van der Waals surface area contributed by atoms with Crippen LogP contribution in [0.25, 0.3) is 0 Å². The molecule has 0 saturated carbocycles. The van der Waals surface area contributed by atoms with Crippen molar-refractivity contribution in [3.05, 3.63) is 65.2 Å². The van der Waals surface area contributed by atoms with Gasteiger partial charge in [0.05, 0.1) is 0 Å².